The van der Waals surface area contributed by atoms with Crippen molar-refractivity contribution >= 4 is 0 Å². The predicted octanol–water partition coefficient (Wildman–Crippen LogP) is 3.72. The van der Waals surface area contributed by atoms with Gasteiger partial charge < -0.3 is 14.6 Å². The number of nitrogens with zero attached hydrogens (tertiary/aromatic N) is 1. The van der Waals surface area contributed by atoms with Gasteiger partial charge in [-0.25, -0.2) is 0 Å². The number of hydrogen-bond acceptors (Lipinski definition) is 4. The average molecular weight is 338 g/mol. The molecular weight excluding hydrogens is 302 g/mol. The number of ether oxygens (including phenoxy) is 2. The van der Waals surface area contributed by atoms with Crippen LogP contribution in [-0.2, 0) is 11.3 Å². The van der Waals surface area contributed by atoms with Crippen molar-refractivity contribution in [1.82, 2.24) is 4.90 Å². The molecule has 4 nitrogen and oxygen atoms in total. The highest BCUT2D eigenvalue weighted by atomic mass is 16.5. The smallest absolute Gasteiger partial charge is 0.119 e. The maximum Gasteiger partial charge on any atom is 0.119 e. The highest BCUT2D eigenvalue weighted by Gasteiger charge is 2.17. The molecule has 0 amide bonds. The Bertz CT molecular complexity index is 468. The molecule has 4 heteroatoms. The number of benzene rings is 1. The quantitative estimate of drug-likeness (QED) is 0.706. The van der Waals surface area contributed by atoms with Crippen molar-refractivity contribution in [2.24, 2.45) is 5.92 Å². The fourth-order valence-corrected chi connectivity index (χ4v) is 2.40. The number of methoxy groups -OCH3 is 1. The summed E-state index contributed by atoms with van der Waals surface area (Å²) in [5.74, 6) is 1.51. The topological polar surface area (TPSA) is 41.9 Å². The van der Waals surface area contributed by atoms with E-state index < -0.39 is 6.10 Å². The molecule has 1 aromatic rings. The van der Waals surface area contributed by atoms with Gasteiger partial charge in [0.05, 0.1) is 25.4 Å². The van der Waals surface area contributed by atoms with Crippen molar-refractivity contribution in [3.05, 3.63) is 29.8 Å². The first-order chi connectivity index (χ1) is 11.2. The van der Waals surface area contributed by atoms with E-state index in [2.05, 4.69) is 30.9 Å². The molecule has 24 heavy (non-hydrogen) atoms. The highest BCUT2D eigenvalue weighted by Crippen LogP contribution is 2.16. The second kappa shape index (κ2) is 10.0. The third-order valence-corrected chi connectivity index (χ3v) is 3.74. The van der Waals surface area contributed by atoms with Crippen LogP contribution < -0.4 is 4.74 Å². The van der Waals surface area contributed by atoms with Crippen molar-refractivity contribution in [1.29, 1.82) is 0 Å². The molecule has 0 aliphatic heterocycles. The van der Waals surface area contributed by atoms with Crippen LogP contribution in [0.1, 0.15) is 46.6 Å². The SMILES string of the molecule is COc1cccc(CN(CCC(C)C)C[C@H](O)COC(C)(C)C)c1. The van der Waals surface area contributed by atoms with E-state index in [1.807, 2.05) is 32.9 Å². The minimum Gasteiger partial charge on any atom is -0.497 e. The van der Waals surface area contributed by atoms with Crippen molar-refractivity contribution in [2.45, 2.75) is 59.3 Å². The van der Waals surface area contributed by atoms with Gasteiger partial charge in [0, 0.05) is 13.1 Å². The van der Waals surface area contributed by atoms with Crippen molar-refractivity contribution in [3.8, 4) is 5.75 Å². The first-order valence-corrected chi connectivity index (χ1v) is 8.87. The minimum absolute atomic E-state index is 0.226. The number of rotatable bonds is 10. The molecule has 0 unspecified atom stereocenters. The Kier molecular flexibility index (Phi) is 8.74. The van der Waals surface area contributed by atoms with Gasteiger partial charge in [0.2, 0.25) is 0 Å². The molecule has 0 saturated heterocycles. The summed E-state index contributed by atoms with van der Waals surface area (Å²) in [6.07, 6.45) is 0.624. The summed E-state index contributed by atoms with van der Waals surface area (Å²) in [6, 6.07) is 8.12. The number of aliphatic hydroxyl groups is 1. The highest BCUT2D eigenvalue weighted by molar-refractivity contribution is 5.28. The zero-order chi connectivity index (χ0) is 18.2. The normalized spacial score (nSPS) is 13.5. The fraction of sp³-hybridized carbons (Fsp3) is 0.700. The van der Waals surface area contributed by atoms with Gasteiger partial charge in [-0.2, -0.15) is 0 Å². The lowest BCUT2D eigenvalue weighted by Crippen LogP contribution is -2.37. The molecule has 0 aliphatic rings. The summed E-state index contributed by atoms with van der Waals surface area (Å²) in [7, 11) is 1.68. The molecule has 0 spiro atoms. The zero-order valence-corrected chi connectivity index (χ0v) is 16.2. The molecule has 138 valence electrons. The van der Waals surface area contributed by atoms with Crippen molar-refractivity contribution in [2.75, 3.05) is 26.8 Å². The molecule has 0 radical (unpaired) electrons. The first-order valence-electron chi connectivity index (χ1n) is 8.87. The van der Waals surface area contributed by atoms with Gasteiger partial charge in [0.25, 0.3) is 0 Å². The molecule has 1 N–H and O–H groups in total. The monoisotopic (exact) mass is 337 g/mol. The summed E-state index contributed by atoms with van der Waals surface area (Å²) in [4.78, 5) is 2.30. The lowest BCUT2D eigenvalue weighted by Gasteiger charge is -2.28. The fourth-order valence-electron chi connectivity index (χ4n) is 2.40. The van der Waals surface area contributed by atoms with Crippen LogP contribution in [0.4, 0.5) is 0 Å². The predicted molar refractivity (Wildman–Crippen MR) is 99.4 cm³/mol. The van der Waals surface area contributed by atoms with E-state index in [1.54, 1.807) is 7.11 Å². The Hall–Kier alpha value is -1.10. The average Bonchev–Trinajstić information content (AvgIpc) is 2.50. The molecule has 1 atom stereocenters. The third kappa shape index (κ3) is 9.26. The summed E-state index contributed by atoms with van der Waals surface area (Å²) in [6.45, 7) is 13.2. The van der Waals surface area contributed by atoms with E-state index in [-0.39, 0.29) is 5.60 Å². The number of aliphatic hydroxyl groups excluding tert-OH is 1. The molecular formula is C20H35NO3. The molecule has 0 saturated carbocycles. The summed E-state index contributed by atoms with van der Waals surface area (Å²) in [5.41, 5.74) is 0.971. The van der Waals surface area contributed by atoms with Crippen LogP contribution in [0.25, 0.3) is 0 Å². The van der Waals surface area contributed by atoms with Gasteiger partial charge in [0.15, 0.2) is 0 Å². The van der Waals surface area contributed by atoms with Gasteiger partial charge in [-0.05, 0) is 57.4 Å². The lowest BCUT2D eigenvalue weighted by atomic mass is 10.1. The standard InChI is InChI=1S/C20H35NO3/c1-16(2)10-11-21(14-18(22)15-24-20(3,4)5)13-17-8-7-9-19(12-17)23-6/h7-9,12,16,18,22H,10-11,13-15H2,1-6H3/t18-/m0/s1. The van der Waals surface area contributed by atoms with Crippen molar-refractivity contribution < 1.29 is 14.6 Å². The largest absolute Gasteiger partial charge is 0.497 e. The Morgan fingerprint density at radius 3 is 2.50 bits per heavy atom. The molecule has 1 aromatic carbocycles. The Balaban J connectivity index is 2.65. The Morgan fingerprint density at radius 1 is 1.21 bits per heavy atom. The van der Waals surface area contributed by atoms with Gasteiger partial charge in [-0.15, -0.1) is 0 Å². The maximum atomic E-state index is 10.3. The van der Waals surface area contributed by atoms with Crippen LogP contribution in [0.5, 0.6) is 5.75 Å². The van der Waals surface area contributed by atoms with E-state index in [9.17, 15) is 5.11 Å². The maximum absolute atomic E-state index is 10.3. The van der Waals surface area contributed by atoms with Crippen LogP contribution >= 0.6 is 0 Å². The van der Waals surface area contributed by atoms with Gasteiger partial charge in [-0.3, -0.25) is 4.90 Å². The summed E-state index contributed by atoms with van der Waals surface area (Å²) < 4.78 is 11.0. The molecule has 0 aliphatic carbocycles. The first kappa shape index (κ1) is 20.9. The Morgan fingerprint density at radius 2 is 1.92 bits per heavy atom. The zero-order valence-electron chi connectivity index (χ0n) is 16.2. The van der Waals surface area contributed by atoms with Gasteiger partial charge >= 0.3 is 0 Å². The van der Waals surface area contributed by atoms with E-state index >= 15 is 0 Å². The third-order valence-electron chi connectivity index (χ3n) is 3.74. The van der Waals surface area contributed by atoms with Crippen LogP contribution in [0.2, 0.25) is 0 Å². The van der Waals surface area contributed by atoms with E-state index in [4.69, 9.17) is 9.47 Å². The number of hydrogen-bond donors (Lipinski definition) is 1. The molecule has 1 rings (SSSR count). The molecule has 0 bridgehead atoms. The van der Waals surface area contributed by atoms with Gasteiger partial charge in [0.1, 0.15) is 5.75 Å². The molecule has 0 aromatic heterocycles. The summed E-state index contributed by atoms with van der Waals surface area (Å²) >= 11 is 0. The molecule has 0 fully saturated rings. The summed E-state index contributed by atoms with van der Waals surface area (Å²) in [5, 5.41) is 10.3. The van der Waals surface area contributed by atoms with E-state index in [0.717, 1.165) is 25.3 Å². The van der Waals surface area contributed by atoms with Crippen LogP contribution in [0.3, 0.4) is 0 Å². The second-order valence-electron chi connectivity index (χ2n) is 7.85. The Labute approximate surface area is 147 Å². The van der Waals surface area contributed by atoms with Gasteiger partial charge in [-0.1, -0.05) is 26.0 Å². The lowest BCUT2D eigenvalue weighted by molar-refractivity contribution is -0.0568. The molecule has 0 heterocycles. The van der Waals surface area contributed by atoms with Crippen LogP contribution in [0, 0.1) is 5.92 Å². The second-order valence-corrected chi connectivity index (χ2v) is 7.85. The minimum atomic E-state index is -0.484. The van der Waals surface area contributed by atoms with Crippen LogP contribution in [-0.4, -0.2) is 48.5 Å². The van der Waals surface area contributed by atoms with Crippen LogP contribution in [0.15, 0.2) is 24.3 Å². The van der Waals surface area contributed by atoms with E-state index in [1.165, 1.54) is 5.56 Å². The van der Waals surface area contributed by atoms with Crippen molar-refractivity contribution in [3.63, 3.8) is 0 Å². The van der Waals surface area contributed by atoms with E-state index in [0.29, 0.717) is 19.1 Å².